The van der Waals surface area contributed by atoms with Gasteiger partial charge in [-0.15, -0.1) is 0 Å². The highest BCUT2D eigenvalue weighted by molar-refractivity contribution is 5.86. The Bertz CT molecular complexity index is 371. The average Bonchev–Trinajstić information content (AvgIpc) is 2.94. The standard InChI is InChI=1S/C17H28O4/c1-11(2)16(18)14-10-20-9-13(14)8-12(3)17(19)15-6-4-5-7-21-15/h11-15H,4-10H2,1-3H3. The molecule has 0 N–H and O–H groups in total. The fraction of sp³-hybridized carbons (Fsp3) is 0.882. The molecule has 2 heterocycles. The smallest absolute Gasteiger partial charge is 0.164 e. The Balaban J connectivity index is 1.90. The predicted octanol–water partition coefficient (Wildman–Crippen LogP) is 2.64. The van der Waals surface area contributed by atoms with Crippen LogP contribution in [0, 0.1) is 23.7 Å². The molecule has 4 unspecified atom stereocenters. The highest BCUT2D eigenvalue weighted by atomic mass is 16.5. The number of ether oxygens (including phenoxy) is 2. The summed E-state index contributed by atoms with van der Waals surface area (Å²) < 4.78 is 11.1. The van der Waals surface area contributed by atoms with Crippen molar-refractivity contribution in [1.82, 2.24) is 0 Å². The lowest BCUT2D eigenvalue weighted by Gasteiger charge is -2.26. The van der Waals surface area contributed by atoms with Crippen LogP contribution in [0.1, 0.15) is 46.5 Å². The normalized spacial score (nSPS) is 31.3. The molecule has 0 amide bonds. The summed E-state index contributed by atoms with van der Waals surface area (Å²) in [7, 11) is 0. The van der Waals surface area contributed by atoms with E-state index < -0.39 is 0 Å². The summed E-state index contributed by atoms with van der Waals surface area (Å²) in [6.07, 6.45) is 3.49. The van der Waals surface area contributed by atoms with Gasteiger partial charge in [-0.2, -0.15) is 0 Å². The van der Waals surface area contributed by atoms with Gasteiger partial charge in [0.05, 0.1) is 13.2 Å². The van der Waals surface area contributed by atoms with Gasteiger partial charge in [0.2, 0.25) is 0 Å². The summed E-state index contributed by atoms with van der Waals surface area (Å²) in [4.78, 5) is 24.7. The van der Waals surface area contributed by atoms with Crippen molar-refractivity contribution >= 4 is 11.6 Å². The van der Waals surface area contributed by atoms with Crippen LogP contribution >= 0.6 is 0 Å². The molecule has 0 aromatic rings. The van der Waals surface area contributed by atoms with Crippen molar-refractivity contribution in [1.29, 1.82) is 0 Å². The van der Waals surface area contributed by atoms with E-state index in [1.807, 2.05) is 20.8 Å². The summed E-state index contributed by atoms with van der Waals surface area (Å²) in [5, 5.41) is 0. The third-order valence-corrected chi connectivity index (χ3v) is 4.77. The summed E-state index contributed by atoms with van der Waals surface area (Å²) >= 11 is 0. The zero-order valence-corrected chi connectivity index (χ0v) is 13.5. The van der Waals surface area contributed by atoms with E-state index in [0.717, 1.165) is 25.7 Å². The largest absolute Gasteiger partial charge is 0.380 e. The van der Waals surface area contributed by atoms with Gasteiger partial charge in [-0.05, 0) is 31.6 Å². The first-order valence-corrected chi connectivity index (χ1v) is 8.27. The summed E-state index contributed by atoms with van der Waals surface area (Å²) in [5.41, 5.74) is 0. The Morgan fingerprint density at radius 1 is 1.10 bits per heavy atom. The van der Waals surface area contributed by atoms with E-state index in [1.54, 1.807) is 0 Å². The van der Waals surface area contributed by atoms with Gasteiger partial charge in [-0.3, -0.25) is 9.59 Å². The molecule has 2 rings (SSSR count). The molecule has 2 saturated heterocycles. The van der Waals surface area contributed by atoms with Crippen LogP contribution in [0.3, 0.4) is 0 Å². The lowest BCUT2D eigenvalue weighted by Crippen LogP contribution is -2.35. The maximum atomic E-state index is 12.4. The van der Waals surface area contributed by atoms with Gasteiger partial charge in [0.1, 0.15) is 11.9 Å². The minimum Gasteiger partial charge on any atom is -0.380 e. The van der Waals surface area contributed by atoms with E-state index in [9.17, 15) is 9.59 Å². The van der Waals surface area contributed by atoms with Crippen LogP contribution in [0.5, 0.6) is 0 Å². The van der Waals surface area contributed by atoms with Crippen LogP contribution in [0.25, 0.3) is 0 Å². The summed E-state index contributed by atoms with van der Waals surface area (Å²) in [6, 6.07) is 0. The zero-order valence-electron chi connectivity index (χ0n) is 13.5. The van der Waals surface area contributed by atoms with Crippen molar-refractivity contribution in [2.45, 2.75) is 52.6 Å². The number of hydrogen-bond donors (Lipinski definition) is 0. The topological polar surface area (TPSA) is 52.6 Å². The van der Waals surface area contributed by atoms with Gasteiger partial charge in [-0.25, -0.2) is 0 Å². The van der Waals surface area contributed by atoms with Crippen LogP contribution in [0.15, 0.2) is 0 Å². The summed E-state index contributed by atoms with van der Waals surface area (Å²) in [6.45, 7) is 7.65. The number of hydrogen-bond acceptors (Lipinski definition) is 4. The SMILES string of the molecule is CC(C)C(=O)C1COCC1CC(C)C(=O)C1CCCCO1. The molecule has 2 aliphatic rings. The lowest BCUT2D eigenvalue weighted by atomic mass is 9.80. The van der Waals surface area contributed by atoms with Gasteiger partial charge >= 0.3 is 0 Å². The first-order chi connectivity index (χ1) is 10.0. The third-order valence-electron chi connectivity index (χ3n) is 4.77. The van der Waals surface area contributed by atoms with Crippen LogP contribution in [-0.2, 0) is 19.1 Å². The first-order valence-electron chi connectivity index (χ1n) is 8.27. The monoisotopic (exact) mass is 296 g/mol. The Hall–Kier alpha value is -0.740. The minimum atomic E-state index is -0.227. The van der Waals surface area contributed by atoms with E-state index in [1.165, 1.54) is 0 Å². The second-order valence-corrected chi connectivity index (χ2v) is 6.86. The molecule has 2 aliphatic heterocycles. The Labute approximate surface area is 127 Å². The van der Waals surface area contributed by atoms with Crippen molar-refractivity contribution in [3.63, 3.8) is 0 Å². The van der Waals surface area contributed by atoms with Crippen molar-refractivity contribution in [3.05, 3.63) is 0 Å². The van der Waals surface area contributed by atoms with Gasteiger partial charge in [0, 0.05) is 24.4 Å². The van der Waals surface area contributed by atoms with Gasteiger partial charge in [0.25, 0.3) is 0 Å². The molecule has 0 radical (unpaired) electrons. The molecular formula is C17H28O4. The quantitative estimate of drug-likeness (QED) is 0.756. The lowest BCUT2D eigenvalue weighted by molar-refractivity contribution is -0.138. The van der Waals surface area contributed by atoms with Crippen LogP contribution < -0.4 is 0 Å². The second-order valence-electron chi connectivity index (χ2n) is 6.86. The molecule has 0 aromatic carbocycles. The fourth-order valence-electron chi connectivity index (χ4n) is 3.43. The van der Waals surface area contributed by atoms with E-state index in [4.69, 9.17) is 9.47 Å². The maximum absolute atomic E-state index is 12.4. The van der Waals surface area contributed by atoms with E-state index >= 15 is 0 Å². The highest BCUT2D eigenvalue weighted by Gasteiger charge is 2.37. The fourth-order valence-corrected chi connectivity index (χ4v) is 3.43. The molecular weight excluding hydrogens is 268 g/mol. The van der Waals surface area contributed by atoms with Crippen molar-refractivity contribution in [3.8, 4) is 0 Å². The van der Waals surface area contributed by atoms with Crippen LogP contribution in [0.4, 0.5) is 0 Å². The van der Waals surface area contributed by atoms with Crippen LogP contribution in [0.2, 0.25) is 0 Å². The molecule has 0 bridgehead atoms. The number of ketones is 2. The Morgan fingerprint density at radius 2 is 1.86 bits per heavy atom. The van der Waals surface area contributed by atoms with Gasteiger partial charge in [0.15, 0.2) is 5.78 Å². The molecule has 4 nitrogen and oxygen atoms in total. The van der Waals surface area contributed by atoms with E-state index in [0.29, 0.717) is 19.8 Å². The Kier molecular flexibility index (Phi) is 5.94. The van der Waals surface area contributed by atoms with Crippen molar-refractivity contribution < 1.29 is 19.1 Å². The molecule has 0 spiro atoms. The molecule has 0 saturated carbocycles. The van der Waals surface area contributed by atoms with Crippen molar-refractivity contribution in [2.75, 3.05) is 19.8 Å². The molecule has 21 heavy (non-hydrogen) atoms. The molecule has 4 heteroatoms. The Morgan fingerprint density at radius 3 is 2.48 bits per heavy atom. The molecule has 120 valence electrons. The van der Waals surface area contributed by atoms with Gasteiger partial charge < -0.3 is 9.47 Å². The molecule has 4 atom stereocenters. The minimum absolute atomic E-state index is 0.0342. The van der Waals surface area contributed by atoms with Crippen molar-refractivity contribution in [2.24, 2.45) is 23.7 Å². The van der Waals surface area contributed by atoms with Crippen LogP contribution in [-0.4, -0.2) is 37.5 Å². The zero-order chi connectivity index (χ0) is 15.4. The third kappa shape index (κ3) is 4.13. The van der Waals surface area contributed by atoms with E-state index in [-0.39, 0.29) is 41.3 Å². The van der Waals surface area contributed by atoms with Gasteiger partial charge in [-0.1, -0.05) is 20.8 Å². The number of rotatable bonds is 6. The number of carbonyl (C=O) groups is 2. The molecule has 0 aromatic heterocycles. The average molecular weight is 296 g/mol. The predicted molar refractivity (Wildman–Crippen MR) is 80.0 cm³/mol. The van der Waals surface area contributed by atoms with E-state index in [2.05, 4.69) is 0 Å². The highest BCUT2D eigenvalue weighted by Crippen LogP contribution is 2.31. The number of Topliss-reactive ketones (excluding diaryl/α,β-unsaturated/α-hetero) is 2. The second kappa shape index (κ2) is 7.50. The maximum Gasteiger partial charge on any atom is 0.164 e. The first kappa shape index (κ1) is 16.6. The number of carbonyl (C=O) groups excluding carboxylic acids is 2. The summed E-state index contributed by atoms with van der Waals surface area (Å²) in [5.74, 6) is 0.604. The molecule has 0 aliphatic carbocycles. The molecule has 2 fully saturated rings.